The number of rotatable bonds is 2. The van der Waals surface area contributed by atoms with Crippen LogP contribution in [-0.4, -0.2) is 37.0 Å². The summed E-state index contributed by atoms with van der Waals surface area (Å²) in [6.45, 7) is 0. The van der Waals surface area contributed by atoms with Crippen LogP contribution in [0.3, 0.4) is 0 Å². The molecule has 0 N–H and O–H groups in total. The number of ketones is 1. The molecule has 1 atom stereocenters. The maximum absolute atomic E-state index is 11.9. The molecule has 1 aliphatic rings. The van der Waals surface area contributed by atoms with Gasteiger partial charge in [-0.1, -0.05) is 6.07 Å². The highest BCUT2D eigenvalue weighted by Gasteiger charge is 2.32. The third-order valence-corrected chi connectivity index (χ3v) is 4.93. The van der Waals surface area contributed by atoms with Gasteiger partial charge in [-0.3, -0.25) is 4.79 Å². The molecule has 0 bridgehead atoms. The van der Waals surface area contributed by atoms with Crippen LogP contribution in [-0.2, 0) is 26.7 Å². The molecule has 104 valence electrons. The van der Waals surface area contributed by atoms with E-state index in [0.717, 1.165) is 12.1 Å². The average Bonchev–Trinajstić information content (AvgIpc) is 2.26. The fraction of sp³-hybridized carbons (Fsp3) is 0.300. The number of hydrogen-bond acceptors (Lipinski definition) is 7. The van der Waals surface area contributed by atoms with Crippen molar-refractivity contribution in [3.8, 4) is 0 Å². The number of Topliss-reactive ketones (excluding diaryl/α,β-unsaturated/α-hetero) is 1. The molecule has 0 heterocycles. The molecule has 1 aliphatic carbocycles. The van der Waals surface area contributed by atoms with E-state index in [1.807, 2.05) is 0 Å². The molecular weight excluding hydrogens is 296 g/mol. The van der Waals surface area contributed by atoms with Gasteiger partial charge in [0.05, 0.1) is 4.90 Å². The van der Waals surface area contributed by atoms with E-state index < -0.39 is 36.2 Å². The van der Waals surface area contributed by atoms with Crippen LogP contribution >= 0.6 is 0 Å². The van der Waals surface area contributed by atoms with E-state index in [0.29, 0.717) is 5.56 Å². The van der Waals surface area contributed by atoms with E-state index in [-0.39, 0.29) is 18.4 Å². The Hall–Kier alpha value is -1.29. The summed E-state index contributed by atoms with van der Waals surface area (Å²) in [7, 11) is -9.54. The predicted molar refractivity (Wildman–Crippen MR) is 60.5 cm³/mol. The molecule has 1 unspecified atom stereocenters. The summed E-state index contributed by atoms with van der Waals surface area (Å²) >= 11 is 0. The Morgan fingerprint density at radius 3 is 2.26 bits per heavy atom. The number of fused-ring (bicyclic) bond motifs is 1. The maximum Gasteiger partial charge on any atom is 0.180 e. The standard InChI is InChI=1S/C10H10O7S2/c11-10-8-5-7(18(12,13)14)3-1-6(8)2-4-9(10)19(15,16)17/h1,3,5,9H,2,4H2,(H,12,13,14)(H,15,16,17)/p-2. The Bertz CT molecular complexity index is 746. The Labute approximate surface area is 109 Å². The lowest BCUT2D eigenvalue weighted by molar-refractivity contribution is 0.0973. The molecule has 0 saturated carbocycles. The zero-order valence-corrected chi connectivity index (χ0v) is 11.0. The summed E-state index contributed by atoms with van der Waals surface area (Å²) in [5.74, 6) is -0.957. The minimum atomic E-state index is -4.79. The van der Waals surface area contributed by atoms with Gasteiger partial charge in [-0.2, -0.15) is 0 Å². The van der Waals surface area contributed by atoms with Crippen molar-refractivity contribution in [2.24, 2.45) is 0 Å². The highest BCUT2D eigenvalue weighted by atomic mass is 32.2. The first-order valence-corrected chi connectivity index (χ1v) is 8.06. The van der Waals surface area contributed by atoms with Crippen LogP contribution in [0.15, 0.2) is 23.1 Å². The first kappa shape index (κ1) is 14.1. The van der Waals surface area contributed by atoms with Gasteiger partial charge in [0.1, 0.15) is 25.5 Å². The number of benzene rings is 1. The predicted octanol–water partition coefficient (Wildman–Crippen LogP) is -0.367. The molecule has 0 amide bonds. The molecular formula is C10H8O7S2-2. The summed E-state index contributed by atoms with van der Waals surface area (Å²) < 4.78 is 65.4. The van der Waals surface area contributed by atoms with Crippen LogP contribution in [0.4, 0.5) is 0 Å². The van der Waals surface area contributed by atoms with Crippen LogP contribution in [0.2, 0.25) is 0 Å². The second-order valence-electron chi connectivity index (χ2n) is 4.16. The van der Waals surface area contributed by atoms with Crippen molar-refractivity contribution >= 4 is 26.0 Å². The molecule has 0 spiro atoms. The van der Waals surface area contributed by atoms with Crippen molar-refractivity contribution < 1.29 is 30.7 Å². The highest BCUT2D eigenvalue weighted by Crippen LogP contribution is 2.27. The molecule has 0 fully saturated rings. The summed E-state index contributed by atoms with van der Waals surface area (Å²) in [6, 6.07) is 3.17. The van der Waals surface area contributed by atoms with Crippen molar-refractivity contribution in [3.05, 3.63) is 29.3 Å². The molecule has 19 heavy (non-hydrogen) atoms. The number of carbonyl (C=O) groups is 1. The first-order valence-electron chi connectivity index (χ1n) is 5.18. The maximum atomic E-state index is 11.9. The molecule has 0 saturated heterocycles. The van der Waals surface area contributed by atoms with E-state index in [1.54, 1.807) is 0 Å². The van der Waals surface area contributed by atoms with Gasteiger partial charge in [-0.05, 0) is 30.5 Å². The Kier molecular flexibility index (Phi) is 3.25. The van der Waals surface area contributed by atoms with E-state index in [2.05, 4.69) is 0 Å². The fourth-order valence-corrected chi connectivity index (χ4v) is 3.32. The van der Waals surface area contributed by atoms with Gasteiger partial charge >= 0.3 is 0 Å². The summed E-state index contributed by atoms with van der Waals surface area (Å²) in [4.78, 5) is 11.2. The van der Waals surface area contributed by atoms with Crippen molar-refractivity contribution in [1.29, 1.82) is 0 Å². The molecule has 0 radical (unpaired) electrons. The van der Waals surface area contributed by atoms with Gasteiger partial charge in [-0.25, -0.2) is 16.8 Å². The molecule has 7 nitrogen and oxygen atoms in total. The third kappa shape index (κ3) is 2.68. The number of hydrogen-bond donors (Lipinski definition) is 0. The van der Waals surface area contributed by atoms with Gasteiger partial charge in [0, 0.05) is 5.56 Å². The lowest BCUT2D eigenvalue weighted by Crippen LogP contribution is -2.34. The van der Waals surface area contributed by atoms with Crippen molar-refractivity contribution in [2.45, 2.75) is 23.0 Å². The lowest BCUT2D eigenvalue weighted by Gasteiger charge is -2.25. The number of aryl methyl sites for hydroxylation is 1. The Morgan fingerprint density at radius 2 is 1.74 bits per heavy atom. The minimum absolute atomic E-state index is 0.138. The van der Waals surface area contributed by atoms with Gasteiger partial charge in [0.15, 0.2) is 5.78 Å². The van der Waals surface area contributed by atoms with E-state index in [9.17, 15) is 30.7 Å². The quantitative estimate of drug-likeness (QED) is 0.681. The molecule has 9 heteroatoms. The zero-order chi connectivity index (χ0) is 14.4. The lowest BCUT2D eigenvalue weighted by atomic mass is 9.90. The van der Waals surface area contributed by atoms with Crippen LogP contribution in [0.5, 0.6) is 0 Å². The largest absolute Gasteiger partial charge is 0.747 e. The third-order valence-electron chi connectivity index (χ3n) is 2.95. The molecule has 0 aliphatic heterocycles. The zero-order valence-electron chi connectivity index (χ0n) is 9.40. The van der Waals surface area contributed by atoms with Gasteiger partial charge in [0.2, 0.25) is 0 Å². The van der Waals surface area contributed by atoms with E-state index in [4.69, 9.17) is 0 Å². The normalized spacial score (nSPS) is 20.1. The second-order valence-corrected chi connectivity index (χ2v) is 7.09. The summed E-state index contributed by atoms with van der Waals surface area (Å²) in [5, 5.41) is -1.72. The molecule has 1 aromatic carbocycles. The molecule has 1 aromatic rings. The van der Waals surface area contributed by atoms with Crippen LogP contribution in [0.25, 0.3) is 0 Å². The van der Waals surface area contributed by atoms with E-state index in [1.165, 1.54) is 6.07 Å². The van der Waals surface area contributed by atoms with Crippen molar-refractivity contribution in [3.63, 3.8) is 0 Å². The van der Waals surface area contributed by atoms with Gasteiger partial charge in [0.25, 0.3) is 0 Å². The second kappa shape index (κ2) is 4.37. The molecule has 0 aromatic heterocycles. The van der Waals surface area contributed by atoms with Crippen LogP contribution < -0.4 is 0 Å². The average molecular weight is 304 g/mol. The highest BCUT2D eigenvalue weighted by molar-refractivity contribution is 7.87. The van der Waals surface area contributed by atoms with Gasteiger partial charge in [-0.15, -0.1) is 0 Å². The first-order chi connectivity index (χ1) is 8.60. The summed E-state index contributed by atoms with van der Waals surface area (Å²) in [6.07, 6.45) is 0.0214. The summed E-state index contributed by atoms with van der Waals surface area (Å²) in [5.41, 5.74) is 0.241. The van der Waals surface area contributed by atoms with Crippen LogP contribution in [0.1, 0.15) is 22.3 Å². The Balaban J connectivity index is 2.57. The monoisotopic (exact) mass is 304 g/mol. The van der Waals surface area contributed by atoms with Crippen molar-refractivity contribution in [2.75, 3.05) is 0 Å². The topological polar surface area (TPSA) is 131 Å². The number of carbonyl (C=O) groups excluding carboxylic acids is 1. The van der Waals surface area contributed by atoms with Crippen molar-refractivity contribution in [1.82, 2.24) is 0 Å². The molecule has 2 rings (SSSR count). The van der Waals surface area contributed by atoms with Gasteiger partial charge < -0.3 is 9.11 Å². The Morgan fingerprint density at radius 1 is 1.11 bits per heavy atom. The SMILES string of the molecule is O=C1c2cc(S(=O)(=O)[O-])ccc2CCC1S(=O)(=O)[O-]. The smallest absolute Gasteiger partial charge is 0.180 e. The van der Waals surface area contributed by atoms with Crippen LogP contribution in [0, 0.1) is 0 Å². The fourth-order valence-electron chi connectivity index (χ4n) is 2.03. The van der Waals surface area contributed by atoms with E-state index >= 15 is 0 Å². The minimum Gasteiger partial charge on any atom is -0.747 e.